The van der Waals surface area contributed by atoms with Crippen molar-refractivity contribution in [3.05, 3.63) is 46.5 Å². The number of nitrogens with zero attached hydrogens (tertiary/aromatic N) is 1. The Kier molecular flexibility index (Phi) is 2.65. The molecule has 0 radical (unpaired) electrons. The Morgan fingerprint density at radius 1 is 1.31 bits per heavy atom. The normalized spacial score (nSPS) is 24.8. The van der Waals surface area contributed by atoms with E-state index in [0.717, 1.165) is 13.1 Å². The lowest BCUT2D eigenvalue weighted by atomic mass is 10.2. The highest BCUT2D eigenvalue weighted by molar-refractivity contribution is 8.03. The van der Waals surface area contributed by atoms with Gasteiger partial charge in [-0.2, -0.15) is 0 Å². The summed E-state index contributed by atoms with van der Waals surface area (Å²) in [5.41, 5.74) is 2.90. The standard InChI is InChI=1S/C13H16N2S/c1-15-11-9-14-8-7-12(11)16-13(15)10-5-3-2-4-6-10/h2-6,13-14H,7-9H2,1H3. The third-order valence-electron chi connectivity index (χ3n) is 3.26. The molecule has 1 N–H and O–H groups in total. The van der Waals surface area contributed by atoms with Crippen molar-refractivity contribution in [3.63, 3.8) is 0 Å². The van der Waals surface area contributed by atoms with Gasteiger partial charge in [0.2, 0.25) is 0 Å². The van der Waals surface area contributed by atoms with Crippen LogP contribution in [-0.4, -0.2) is 25.0 Å². The van der Waals surface area contributed by atoms with E-state index in [1.54, 1.807) is 4.91 Å². The van der Waals surface area contributed by atoms with E-state index in [0.29, 0.717) is 5.37 Å². The maximum Gasteiger partial charge on any atom is 0.104 e. The van der Waals surface area contributed by atoms with Gasteiger partial charge < -0.3 is 10.2 Å². The van der Waals surface area contributed by atoms with E-state index >= 15 is 0 Å². The summed E-state index contributed by atoms with van der Waals surface area (Å²) in [6.07, 6.45) is 1.19. The molecule has 2 heterocycles. The molecule has 0 bridgehead atoms. The highest BCUT2D eigenvalue weighted by Crippen LogP contribution is 2.48. The van der Waals surface area contributed by atoms with Gasteiger partial charge in [-0.05, 0) is 12.0 Å². The third kappa shape index (κ3) is 1.64. The van der Waals surface area contributed by atoms with Gasteiger partial charge in [-0.25, -0.2) is 0 Å². The lowest BCUT2D eigenvalue weighted by molar-refractivity contribution is 0.388. The molecule has 0 fully saturated rings. The summed E-state index contributed by atoms with van der Waals surface area (Å²) in [4.78, 5) is 4.00. The van der Waals surface area contributed by atoms with Crippen molar-refractivity contribution in [2.75, 3.05) is 20.1 Å². The van der Waals surface area contributed by atoms with Crippen molar-refractivity contribution in [2.24, 2.45) is 0 Å². The molecule has 2 aliphatic heterocycles. The van der Waals surface area contributed by atoms with Gasteiger partial charge in [-0.3, -0.25) is 0 Å². The maximum absolute atomic E-state index is 3.45. The molecule has 2 nitrogen and oxygen atoms in total. The van der Waals surface area contributed by atoms with Gasteiger partial charge in [0.05, 0.1) is 0 Å². The predicted molar refractivity (Wildman–Crippen MR) is 69.0 cm³/mol. The molecule has 0 aliphatic carbocycles. The van der Waals surface area contributed by atoms with E-state index in [-0.39, 0.29) is 0 Å². The summed E-state index contributed by atoms with van der Waals surface area (Å²) in [5, 5.41) is 3.92. The Morgan fingerprint density at radius 2 is 2.12 bits per heavy atom. The Labute approximate surface area is 101 Å². The molecular weight excluding hydrogens is 216 g/mol. The van der Waals surface area contributed by atoms with Gasteiger partial charge in [0, 0.05) is 30.7 Å². The largest absolute Gasteiger partial charge is 0.360 e. The number of hydrogen-bond donors (Lipinski definition) is 1. The zero-order valence-electron chi connectivity index (χ0n) is 9.44. The van der Waals surface area contributed by atoms with Gasteiger partial charge >= 0.3 is 0 Å². The molecule has 1 atom stereocenters. The minimum absolute atomic E-state index is 0.478. The van der Waals surface area contributed by atoms with Crippen molar-refractivity contribution >= 4 is 11.8 Å². The van der Waals surface area contributed by atoms with Crippen LogP contribution in [0, 0.1) is 0 Å². The van der Waals surface area contributed by atoms with E-state index in [2.05, 4.69) is 47.6 Å². The number of likely N-dealkylation sites (N-methyl/N-ethyl adjacent to an activating group) is 1. The molecule has 2 aliphatic rings. The molecule has 0 saturated heterocycles. The molecule has 0 amide bonds. The molecule has 3 heteroatoms. The highest BCUT2D eigenvalue weighted by Gasteiger charge is 2.31. The molecule has 1 aromatic carbocycles. The second-order valence-corrected chi connectivity index (χ2v) is 5.46. The average Bonchev–Trinajstić information content (AvgIpc) is 2.69. The highest BCUT2D eigenvalue weighted by atomic mass is 32.2. The van der Waals surface area contributed by atoms with Crippen LogP contribution in [0.3, 0.4) is 0 Å². The van der Waals surface area contributed by atoms with Gasteiger partial charge in [0.15, 0.2) is 0 Å². The van der Waals surface area contributed by atoms with Crippen LogP contribution in [0.1, 0.15) is 17.4 Å². The number of nitrogens with one attached hydrogen (secondary N) is 1. The van der Waals surface area contributed by atoms with Crippen LogP contribution in [0.5, 0.6) is 0 Å². The Bertz CT molecular complexity index is 413. The number of rotatable bonds is 1. The molecule has 0 saturated carbocycles. The molecule has 0 aromatic heterocycles. The first-order valence-corrected chi connectivity index (χ1v) is 6.61. The first-order chi connectivity index (χ1) is 7.86. The summed E-state index contributed by atoms with van der Waals surface area (Å²) in [5.74, 6) is 0. The van der Waals surface area contributed by atoms with E-state index in [1.165, 1.54) is 17.7 Å². The molecule has 1 aromatic rings. The zero-order chi connectivity index (χ0) is 11.0. The molecule has 1 unspecified atom stereocenters. The fraction of sp³-hybridized carbons (Fsp3) is 0.385. The van der Waals surface area contributed by atoms with Gasteiger partial charge in [-0.1, -0.05) is 42.1 Å². The van der Waals surface area contributed by atoms with Crippen LogP contribution in [-0.2, 0) is 0 Å². The Balaban J connectivity index is 1.87. The van der Waals surface area contributed by atoms with Crippen LogP contribution in [0.4, 0.5) is 0 Å². The average molecular weight is 232 g/mol. The minimum atomic E-state index is 0.478. The first kappa shape index (κ1) is 10.2. The van der Waals surface area contributed by atoms with Crippen LogP contribution in [0.25, 0.3) is 0 Å². The second-order valence-electron chi connectivity index (χ2n) is 4.29. The van der Waals surface area contributed by atoms with E-state index < -0.39 is 0 Å². The summed E-state index contributed by atoms with van der Waals surface area (Å²) in [6.45, 7) is 2.16. The van der Waals surface area contributed by atoms with Crippen molar-refractivity contribution in [3.8, 4) is 0 Å². The van der Waals surface area contributed by atoms with E-state index in [1.807, 2.05) is 11.8 Å². The fourth-order valence-corrected chi connectivity index (χ4v) is 3.78. The topological polar surface area (TPSA) is 15.3 Å². The van der Waals surface area contributed by atoms with Crippen LogP contribution in [0.15, 0.2) is 40.9 Å². The lowest BCUT2D eigenvalue weighted by Gasteiger charge is -2.25. The van der Waals surface area contributed by atoms with Crippen LogP contribution >= 0.6 is 11.8 Å². The smallest absolute Gasteiger partial charge is 0.104 e. The van der Waals surface area contributed by atoms with Crippen molar-refractivity contribution in [2.45, 2.75) is 11.8 Å². The Hall–Kier alpha value is -0.930. The van der Waals surface area contributed by atoms with E-state index in [4.69, 9.17) is 0 Å². The SMILES string of the molecule is CN1C2=C(CCNC2)SC1c1ccccc1. The third-order valence-corrected chi connectivity index (χ3v) is 4.80. The second kappa shape index (κ2) is 4.15. The van der Waals surface area contributed by atoms with Crippen molar-refractivity contribution in [1.82, 2.24) is 10.2 Å². The molecule has 0 spiro atoms. The monoisotopic (exact) mass is 232 g/mol. The lowest BCUT2D eigenvalue weighted by Crippen LogP contribution is -2.29. The van der Waals surface area contributed by atoms with Crippen molar-refractivity contribution in [1.29, 1.82) is 0 Å². The first-order valence-electron chi connectivity index (χ1n) is 5.73. The van der Waals surface area contributed by atoms with Gasteiger partial charge in [-0.15, -0.1) is 0 Å². The van der Waals surface area contributed by atoms with Gasteiger partial charge in [0.25, 0.3) is 0 Å². The summed E-state index contributed by atoms with van der Waals surface area (Å²) >= 11 is 2.02. The zero-order valence-corrected chi connectivity index (χ0v) is 10.3. The summed E-state index contributed by atoms with van der Waals surface area (Å²) in [7, 11) is 2.21. The van der Waals surface area contributed by atoms with E-state index in [9.17, 15) is 0 Å². The van der Waals surface area contributed by atoms with Gasteiger partial charge in [0.1, 0.15) is 5.37 Å². The fourth-order valence-electron chi connectivity index (χ4n) is 2.36. The quantitative estimate of drug-likeness (QED) is 0.801. The maximum atomic E-state index is 3.45. The summed E-state index contributed by atoms with van der Waals surface area (Å²) < 4.78 is 0. The van der Waals surface area contributed by atoms with Crippen LogP contribution in [0.2, 0.25) is 0 Å². The van der Waals surface area contributed by atoms with Crippen molar-refractivity contribution < 1.29 is 0 Å². The van der Waals surface area contributed by atoms with Crippen LogP contribution < -0.4 is 5.32 Å². The molecule has 16 heavy (non-hydrogen) atoms. The molecular formula is C13H16N2S. The molecule has 84 valence electrons. The Morgan fingerprint density at radius 3 is 2.88 bits per heavy atom. The number of hydrogen-bond acceptors (Lipinski definition) is 3. The predicted octanol–water partition coefficient (Wildman–Crippen LogP) is 2.57. The number of thioether (sulfide) groups is 1. The number of benzene rings is 1. The summed E-state index contributed by atoms with van der Waals surface area (Å²) in [6, 6.07) is 10.8. The minimum Gasteiger partial charge on any atom is -0.360 e. The molecule has 3 rings (SSSR count).